The number of hydrogen-bond donors (Lipinski definition) is 0. The van der Waals surface area contributed by atoms with Crippen LogP contribution in [-0.4, -0.2) is 6.26 Å². The predicted molar refractivity (Wildman–Crippen MR) is 58.3 cm³/mol. The lowest BCUT2D eigenvalue weighted by Gasteiger charge is -1.98. The van der Waals surface area contributed by atoms with Gasteiger partial charge in [0.05, 0.1) is 0 Å². The van der Waals surface area contributed by atoms with E-state index in [9.17, 15) is 4.39 Å². The number of thioether (sulfide) groups is 1. The summed E-state index contributed by atoms with van der Waals surface area (Å²) in [7, 11) is 0. The van der Waals surface area contributed by atoms with Gasteiger partial charge in [0.1, 0.15) is 5.82 Å². The number of benzene rings is 1. The topological polar surface area (TPSA) is 0 Å². The summed E-state index contributed by atoms with van der Waals surface area (Å²) in [6.45, 7) is 2.05. The van der Waals surface area contributed by atoms with Gasteiger partial charge in [-0.2, -0.15) is 0 Å². The molecule has 0 atom stereocenters. The summed E-state index contributed by atoms with van der Waals surface area (Å²) < 4.78 is 14.3. The van der Waals surface area contributed by atoms with Crippen LogP contribution in [0.3, 0.4) is 0 Å². The third-order valence-corrected chi connectivity index (χ3v) is 3.88. The monoisotopic (exact) mass is 212 g/mol. The van der Waals surface area contributed by atoms with Gasteiger partial charge >= 0.3 is 0 Å². The van der Waals surface area contributed by atoms with E-state index < -0.39 is 0 Å². The lowest BCUT2D eigenvalue weighted by molar-refractivity contribution is 0.627. The lowest BCUT2D eigenvalue weighted by Crippen LogP contribution is -1.75. The zero-order chi connectivity index (χ0) is 9.42. The summed E-state index contributed by atoms with van der Waals surface area (Å²) >= 11 is 3.32. The minimum atomic E-state index is -0.144. The Morgan fingerprint density at radius 2 is 2.08 bits per heavy atom. The Morgan fingerprint density at radius 3 is 2.77 bits per heavy atom. The molecule has 2 rings (SSSR count). The van der Waals surface area contributed by atoms with Crippen molar-refractivity contribution in [1.29, 1.82) is 0 Å². The Balaban J connectivity index is 2.80. The Hall–Kier alpha value is -0.540. The van der Waals surface area contributed by atoms with E-state index in [2.05, 4.69) is 0 Å². The van der Waals surface area contributed by atoms with Gasteiger partial charge in [0.15, 0.2) is 0 Å². The number of thiophene rings is 1. The van der Waals surface area contributed by atoms with E-state index in [1.165, 1.54) is 9.58 Å². The predicted octanol–water partition coefficient (Wildman–Crippen LogP) is 4.07. The summed E-state index contributed by atoms with van der Waals surface area (Å²) in [6.07, 6.45) is 1.98. The molecule has 0 aliphatic rings. The van der Waals surface area contributed by atoms with Crippen LogP contribution < -0.4 is 0 Å². The van der Waals surface area contributed by atoms with Crippen LogP contribution in [0.4, 0.5) is 4.39 Å². The van der Waals surface area contributed by atoms with Gasteiger partial charge in [-0.25, -0.2) is 4.39 Å². The highest BCUT2D eigenvalue weighted by Gasteiger charge is 2.05. The van der Waals surface area contributed by atoms with Gasteiger partial charge in [0, 0.05) is 14.5 Å². The number of fused-ring (bicyclic) bond motifs is 1. The molecule has 0 unspecified atom stereocenters. The maximum absolute atomic E-state index is 13.1. The van der Waals surface area contributed by atoms with Crippen LogP contribution in [-0.2, 0) is 0 Å². The fourth-order valence-electron chi connectivity index (χ4n) is 1.37. The van der Waals surface area contributed by atoms with E-state index in [4.69, 9.17) is 0 Å². The molecule has 0 bridgehead atoms. The minimum absolute atomic E-state index is 0.144. The fraction of sp³-hybridized carbons (Fsp3) is 0.200. The highest BCUT2D eigenvalue weighted by Crippen LogP contribution is 2.33. The number of hydrogen-bond acceptors (Lipinski definition) is 2. The third-order valence-electron chi connectivity index (χ3n) is 1.89. The van der Waals surface area contributed by atoms with Crippen molar-refractivity contribution in [3.8, 4) is 0 Å². The zero-order valence-corrected chi connectivity index (χ0v) is 9.06. The van der Waals surface area contributed by atoms with Crippen LogP contribution in [0.1, 0.15) is 4.88 Å². The van der Waals surface area contributed by atoms with E-state index in [1.807, 2.05) is 19.2 Å². The molecule has 0 saturated heterocycles. The van der Waals surface area contributed by atoms with Gasteiger partial charge < -0.3 is 0 Å². The average Bonchev–Trinajstić information content (AvgIpc) is 2.43. The van der Waals surface area contributed by atoms with Gasteiger partial charge in [-0.05, 0) is 36.8 Å². The maximum atomic E-state index is 13.1. The average molecular weight is 212 g/mol. The first-order valence-electron chi connectivity index (χ1n) is 3.94. The standard InChI is InChI=1S/C10H9FS2/c1-6-3-7-4-8(11)5-9(12-2)10(7)13-6/h3-5H,1-2H3. The van der Waals surface area contributed by atoms with Crippen molar-refractivity contribution < 1.29 is 4.39 Å². The molecule has 2 aromatic rings. The first kappa shape index (κ1) is 9.03. The molecule has 1 aromatic heterocycles. The van der Waals surface area contributed by atoms with Crippen LogP contribution in [0.25, 0.3) is 10.1 Å². The Bertz CT molecular complexity index is 445. The normalized spacial score (nSPS) is 11.0. The van der Waals surface area contributed by atoms with Crippen LogP contribution in [0, 0.1) is 12.7 Å². The third kappa shape index (κ3) is 1.58. The van der Waals surface area contributed by atoms with E-state index in [1.54, 1.807) is 35.2 Å². The highest BCUT2D eigenvalue weighted by molar-refractivity contribution is 7.99. The van der Waals surface area contributed by atoms with Crippen molar-refractivity contribution >= 4 is 33.2 Å². The summed E-state index contributed by atoms with van der Waals surface area (Å²) in [5.74, 6) is -0.144. The molecule has 0 radical (unpaired) electrons. The molecule has 68 valence electrons. The minimum Gasteiger partial charge on any atom is -0.207 e. The first-order valence-corrected chi connectivity index (χ1v) is 5.98. The molecule has 13 heavy (non-hydrogen) atoms. The van der Waals surface area contributed by atoms with Crippen LogP contribution >= 0.6 is 23.1 Å². The molecular formula is C10H9FS2. The summed E-state index contributed by atoms with van der Waals surface area (Å²) in [4.78, 5) is 2.27. The SMILES string of the molecule is CSc1cc(F)cc2cc(C)sc12. The molecule has 0 fully saturated rings. The molecule has 0 saturated carbocycles. The van der Waals surface area contributed by atoms with Crippen LogP contribution in [0.5, 0.6) is 0 Å². The molecule has 0 amide bonds. The van der Waals surface area contributed by atoms with Gasteiger partial charge in [-0.15, -0.1) is 23.1 Å². The second kappa shape index (κ2) is 3.31. The largest absolute Gasteiger partial charge is 0.207 e. The van der Waals surface area contributed by atoms with Gasteiger partial charge in [-0.3, -0.25) is 0 Å². The summed E-state index contributed by atoms with van der Waals surface area (Å²) in [5.41, 5.74) is 0. The molecule has 1 aromatic carbocycles. The molecule has 0 spiro atoms. The van der Waals surface area contributed by atoms with E-state index in [0.29, 0.717) is 0 Å². The van der Waals surface area contributed by atoms with Gasteiger partial charge in [0.25, 0.3) is 0 Å². The van der Waals surface area contributed by atoms with E-state index >= 15 is 0 Å². The van der Waals surface area contributed by atoms with Crippen molar-refractivity contribution in [2.45, 2.75) is 11.8 Å². The van der Waals surface area contributed by atoms with Crippen molar-refractivity contribution in [3.63, 3.8) is 0 Å². The zero-order valence-electron chi connectivity index (χ0n) is 7.43. The second-order valence-corrected chi connectivity index (χ2v) is 4.99. The van der Waals surface area contributed by atoms with Crippen LogP contribution in [0.2, 0.25) is 0 Å². The van der Waals surface area contributed by atoms with E-state index in [-0.39, 0.29) is 5.82 Å². The molecule has 1 heterocycles. The van der Waals surface area contributed by atoms with Crippen molar-refractivity contribution in [1.82, 2.24) is 0 Å². The number of aryl methyl sites for hydroxylation is 1. The van der Waals surface area contributed by atoms with Crippen molar-refractivity contribution in [2.75, 3.05) is 6.26 Å². The summed E-state index contributed by atoms with van der Waals surface area (Å²) in [6, 6.07) is 5.23. The summed E-state index contributed by atoms with van der Waals surface area (Å²) in [5, 5.41) is 1.02. The quantitative estimate of drug-likeness (QED) is 0.642. The highest BCUT2D eigenvalue weighted by atomic mass is 32.2. The molecule has 0 nitrogen and oxygen atoms in total. The number of halogens is 1. The number of rotatable bonds is 1. The first-order chi connectivity index (χ1) is 6.20. The van der Waals surface area contributed by atoms with Crippen molar-refractivity contribution in [3.05, 3.63) is 28.9 Å². The molecule has 0 N–H and O–H groups in total. The Kier molecular flexibility index (Phi) is 2.30. The Morgan fingerprint density at radius 1 is 1.31 bits per heavy atom. The lowest BCUT2D eigenvalue weighted by atomic mass is 10.2. The van der Waals surface area contributed by atoms with Gasteiger partial charge in [0.2, 0.25) is 0 Å². The molecule has 3 heteroatoms. The smallest absolute Gasteiger partial charge is 0.125 e. The fourth-order valence-corrected chi connectivity index (χ4v) is 3.18. The van der Waals surface area contributed by atoms with E-state index in [0.717, 1.165) is 10.3 Å². The maximum Gasteiger partial charge on any atom is 0.125 e. The van der Waals surface area contributed by atoms with Crippen molar-refractivity contribution in [2.24, 2.45) is 0 Å². The molecule has 0 aliphatic heterocycles. The Labute approximate surface area is 84.8 Å². The molecular weight excluding hydrogens is 203 g/mol. The molecule has 0 aliphatic carbocycles. The second-order valence-electron chi connectivity index (χ2n) is 2.88. The van der Waals surface area contributed by atoms with Gasteiger partial charge in [-0.1, -0.05) is 0 Å². The van der Waals surface area contributed by atoms with Crippen LogP contribution in [0.15, 0.2) is 23.1 Å².